The zero-order chi connectivity index (χ0) is 13.0. The minimum absolute atomic E-state index is 0.0165. The molecule has 0 bridgehead atoms. The van der Waals surface area contributed by atoms with Crippen LogP contribution < -0.4 is 5.32 Å². The summed E-state index contributed by atoms with van der Waals surface area (Å²) in [6, 6.07) is 5.87. The first-order valence-electron chi connectivity index (χ1n) is 6.01. The van der Waals surface area contributed by atoms with Crippen molar-refractivity contribution in [3.63, 3.8) is 0 Å². The number of imidazole rings is 1. The Morgan fingerprint density at radius 3 is 2.67 bits per heavy atom. The number of amides is 1. The monoisotopic (exact) mass is 243 g/mol. The fourth-order valence-electron chi connectivity index (χ4n) is 1.99. The molecule has 2 N–H and O–H groups in total. The van der Waals surface area contributed by atoms with Crippen LogP contribution in [0.1, 0.15) is 27.3 Å². The van der Waals surface area contributed by atoms with Gasteiger partial charge in [0.25, 0.3) is 5.91 Å². The zero-order valence-corrected chi connectivity index (χ0v) is 10.7. The van der Waals surface area contributed by atoms with Gasteiger partial charge in [-0.25, -0.2) is 4.98 Å². The van der Waals surface area contributed by atoms with Crippen molar-refractivity contribution in [1.82, 2.24) is 15.3 Å². The highest BCUT2D eigenvalue weighted by Gasteiger charge is 2.10. The van der Waals surface area contributed by atoms with Crippen LogP contribution in [-0.4, -0.2) is 22.4 Å². The second-order valence-corrected chi connectivity index (χ2v) is 4.31. The third kappa shape index (κ3) is 2.77. The van der Waals surface area contributed by atoms with Crippen LogP contribution in [0.5, 0.6) is 0 Å². The number of benzene rings is 1. The Kier molecular flexibility index (Phi) is 3.77. The van der Waals surface area contributed by atoms with Gasteiger partial charge in [-0.05, 0) is 25.0 Å². The van der Waals surface area contributed by atoms with Crippen molar-refractivity contribution in [2.75, 3.05) is 6.54 Å². The first-order valence-corrected chi connectivity index (χ1v) is 6.01. The van der Waals surface area contributed by atoms with Crippen molar-refractivity contribution >= 4 is 5.91 Å². The number of rotatable bonds is 4. The van der Waals surface area contributed by atoms with E-state index < -0.39 is 0 Å². The molecule has 18 heavy (non-hydrogen) atoms. The maximum atomic E-state index is 12.1. The highest BCUT2D eigenvalue weighted by atomic mass is 16.1. The van der Waals surface area contributed by atoms with Crippen LogP contribution in [0.25, 0.3) is 0 Å². The van der Waals surface area contributed by atoms with Crippen LogP contribution in [0.3, 0.4) is 0 Å². The molecule has 0 aliphatic carbocycles. The predicted molar refractivity (Wildman–Crippen MR) is 70.5 cm³/mol. The number of nitrogens with zero attached hydrogens (tertiary/aromatic N) is 1. The molecule has 0 saturated heterocycles. The summed E-state index contributed by atoms with van der Waals surface area (Å²) in [7, 11) is 0. The quantitative estimate of drug-likeness (QED) is 0.863. The molecule has 0 aliphatic rings. The SMILES string of the molecule is Cc1cccc(C)c1C(=O)NCCc1ncc[nH]1. The lowest BCUT2D eigenvalue weighted by Crippen LogP contribution is -2.27. The van der Waals surface area contributed by atoms with Crippen molar-refractivity contribution < 1.29 is 4.79 Å². The predicted octanol–water partition coefficient (Wildman–Crippen LogP) is 2.00. The van der Waals surface area contributed by atoms with E-state index >= 15 is 0 Å². The van der Waals surface area contributed by atoms with Crippen LogP contribution >= 0.6 is 0 Å². The number of aryl methyl sites for hydroxylation is 2. The minimum Gasteiger partial charge on any atom is -0.352 e. The van der Waals surface area contributed by atoms with Gasteiger partial charge in [0.2, 0.25) is 0 Å². The number of nitrogens with one attached hydrogen (secondary N) is 2. The Morgan fingerprint density at radius 1 is 1.33 bits per heavy atom. The van der Waals surface area contributed by atoms with Crippen LogP contribution in [-0.2, 0) is 6.42 Å². The molecule has 0 aliphatic heterocycles. The third-order valence-corrected chi connectivity index (χ3v) is 2.91. The number of hydrogen-bond acceptors (Lipinski definition) is 2. The third-order valence-electron chi connectivity index (χ3n) is 2.91. The number of aromatic nitrogens is 2. The van der Waals surface area contributed by atoms with E-state index in [9.17, 15) is 4.79 Å². The van der Waals surface area contributed by atoms with Gasteiger partial charge in [-0.2, -0.15) is 0 Å². The summed E-state index contributed by atoms with van der Waals surface area (Å²) in [5.74, 6) is 0.869. The van der Waals surface area contributed by atoms with Gasteiger partial charge >= 0.3 is 0 Å². The molecule has 4 heteroatoms. The zero-order valence-electron chi connectivity index (χ0n) is 10.7. The van der Waals surface area contributed by atoms with E-state index in [0.29, 0.717) is 13.0 Å². The van der Waals surface area contributed by atoms with E-state index in [-0.39, 0.29) is 5.91 Å². The second kappa shape index (κ2) is 5.49. The minimum atomic E-state index is -0.0165. The number of aromatic amines is 1. The maximum Gasteiger partial charge on any atom is 0.251 e. The molecule has 1 aromatic carbocycles. The van der Waals surface area contributed by atoms with Crippen molar-refractivity contribution in [3.8, 4) is 0 Å². The molecule has 4 nitrogen and oxygen atoms in total. The summed E-state index contributed by atoms with van der Waals surface area (Å²) in [4.78, 5) is 19.2. The normalized spacial score (nSPS) is 10.3. The van der Waals surface area contributed by atoms with Crippen LogP contribution in [0.15, 0.2) is 30.6 Å². The fourth-order valence-corrected chi connectivity index (χ4v) is 1.99. The van der Waals surface area contributed by atoms with E-state index in [2.05, 4.69) is 15.3 Å². The summed E-state index contributed by atoms with van der Waals surface area (Å²) < 4.78 is 0. The van der Waals surface area contributed by atoms with Gasteiger partial charge in [0, 0.05) is 30.9 Å². The van der Waals surface area contributed by atoms with Gasteiger partial charge in [0.15, 0.2) is 0 Å². The van der Waals surface area contributed by atoms with Crippen LogP contribution in [0, 0.1) is 13.8 Å². The molecular weight excluding hydrogens is 226 g/mol. The summed E-state index contributed by atoms with van der Waals surface area (Å²) >= 11 is 0. The van der Waals surface area contributed by atoms with Crippen molar-refractivity contribution in [1.29, 1.82) is 0 Å². The van der Waals surface area contributed by atoms with Crippen molar-refractivity contribution in [3.05, 3.63) is 53.1 Å². The molecule has 0 radical (unpaired) electrons. The number of hydrogen-bond donors (Lipinski definition) is 2. The molecule has 0 atom stereocenters. The molecule has 0 unspecified atom stereocenters. The standard InChI is InChI=1S/C14H17N3O/c1-10-4-3-5-11(2)13(10)14(18)17-7-6-12-15-8-9-16-12/h3-5,8-9H,6-7H2,1-2H3,(H,15,16)(H,17,18). The van der Waals surface area contributed by atoms with E-state index in [1.807, 2.05) is 32.0 Å². The molecule has 94 valence electrons. The number of H-pyrrole nitrogens is 1. The van der Waals surface area contributed by atoms with Gasteiger partial charge in [-0.1, -0.05) is 18.2 Å². The molecule has 2 aromatic rings. The molecule has 0 spiro atoms. The lowest BCUT2D eigenvalue weighted by Gasteiger charge is -2.09. The largest absolute Gasteiger partial charge is 0.352 e. The summed E-state index contributed by atoms with van der Waals surface area (Å²) in [5, 5.41) is 2.92. The van der Waals surface area contributed by atoms with Gasteiger partial charge in [-0.3, -0.25) is 4.79 Å². The van der Waals surface area contributed by atoms with Gasteiger partial charge in [-0.15, -0.1) is 0 Å². The Morgan fingerprint density at radius 2 is 2.06 bits per heavy atom. The average Bonchev–Trinajstić information content (AvgIpc) is 2.82. The van der Waals surface area contributed by atoms with E-state index in [1.54, 1.807) is 12.4 Å². The summed E-state index contributed by atoms with van der Waals surface area (Å²) in [6.45, 7) is 4.49. The lowest BCUT2D eigenvalue weighted by molar-refractivity contribution is 0.0953. The van der Waals surface area contributed by atoms with E-state index in [0.717, 1.165) is 22.5 Å². The highest BCUT2D eigenvalue weighted by Crippen LogP contribution is 2.12. The molecular formula is C14H17N3O. The molecule has 0 fully saturated rings. The average molecular weight is 243 g/mol. The van der Waals surface area contributed by atoms with E-state index in [4.69, 9.17) is 0 Å². The van der Waals surface area contributed by atoms with Crippen molar-refractivity contribution in [2.24, 2.45) is 0 Å². The topological polar surface area (TPSA) is 57.8 Å². The van der Waals surface area contributed by atoms with Crippen LogP contribution in [0.4, 0.5) is 0 Å². The number of carbonyl (C=O) groups excluding carboxylic acids is 1. The molecule has 0 saturated carbocycles. The lowest BCUT2D eigenvalue weighted by atomic mass is 10.0. The van der Waals surface area contributed by atoms with Crippen molar-refractivity contribution in [2.45, 2.75) is 20.3 Å². The summed E-state index contributed by atoms with van der Waals surface area (Å²) in [5.41, 5.74) is 2.79. The Balaban J connectivity index is 1.96. The molecule has 1 amide bonds. The number of carbonyl (C=O) groups is 1. The van der Waals surface area contributed by atoms with Gasteiger partial charge in [0.1, 0.15) is 5.82 Å². The Bertz CT molecular complexity index is 512. The maximum absolute atomic E-state index is 12.1. The Labute approximate surface area is 106 Å². The summed E-state index contributed by atoms with van der Waals surface area (Å²) in [6.07, 6.45) is 4.20. The van der Waals surface area contributed by atoms with E-state index in [1.165, 1.54) is 0 Å². The Hall–Kier alpha value is -2.10. The highest BCUT2D eigenvalue weighted by molar-refractivity contribution is 5.97. The molecule has 1 aromatic heterocycles. The first kappa shape index (κ1) is 12.4. The molecule has 1 heterocycles. The van der Waals surface area contributed by atoms with Gasteiger partial charge < -0.3 is 10.3 Å². The smallest absolute Gasteiger partial charge is 0.251 e. The molecule has 2 rings (SSSR count). The van der Waals surface area contributed by atoms with Crippen LogP contribution in [0.2, 0.25) is 0 Å². The fraction of sp³-hybridized carbons (Fsp3) is 0.286. The first-order chi connectivity index (χ1) is 8.68. The second-order valence-electron chi connectivity index (χ2n) is 4.31. The van der Waals surface area contributed by atoms with Gasteiger partial charge in [0.05, 0.1) is 0 Å².